The molecule has 0 spiro atoms. The van der Waals surface area contributed by atoms with Gasteiger partial charge in [0.05, 0.1) is 19.5 Å². The SMILES string of the molecule is CC(=O)NCCCC(=O)SCCNC(=O)CCNC(=O)[C@H](O)C(C)(C)COP(=O)(O)OP(=O)(O)OC[C@H]1O[C@@H](n2cnc3c(N)ncnc32)[C@H](O)[C@@H]1OP(=O)(O)O. The molecule has 1 aliphatic rings. The first-order chi connectivity index (χ1) is 26.4. The van der Waals surface area contributed by atoms with Crippen molar-refractivity contribution >= 4 is 75.0 Å². The second-order valence-corrected chi connectivity index (χ2v) is 18.3. The summed E-state index contributed by atoms with van der Waals surface area (Å²) in [5.41, 5.74) is 4.23. The minimum atomic E-state index is -5.58. The summed E-state index contributed by atoms with van der Waals surface area (Å²) >= 11 is 1.02. The Bertz CT molecular complexity index is 1880. The van der Waals surface area contributed by atoms with E-state index in [4.69, 9.17) is 19.5 Å². The number of ether oxygens (including phenoxy) is 1. The minimum Gasteiger partial charge on any atom is -0.386 e. The zero-order valence-corrected chi connectivity index (χ0v) is 34.1. The van der Waals surface area contributed by atoms with Gasteiger partial charge in [0.25, 0.3) is 0 Å². The molecule has 1 aliphatic heterocycles. The zero-order valence-electron chi connectivity index (χ0n) is 30.6. The Hall–Kier alpha value is -2.97. The number of aliphatic hydroxyl groups excluding tert-OH is 2. The van der Waals surface area contributed by atoms with Crippen LogP contribution in [0.2, 0.25) is 0 Å². The molecule has 3 amide bonds. The van der Waals surface area contributed by atoms with Crippen LogP contribution in [0.5, 0.6) is 0 Å². The maximum Gasteiger partial charge on any atom is 0.481 e. The molecule has 2 unspecified atom stereocenters. The smallest absolute Gasteiger partial charge is 0.386 e. The largest absolute Gasteiger partial charge is 0.481 e. The molecule has 1 fully saturated rings. The molecule has 0 radical (unpaired) electrons. The summed E-state index contributed by atoms with van der Waals surface area (Å²) in [7, 11) is -16.4. The number of nitrogens with one attached hydrogen (secondary N) is 3. The summed E-state index contributed by atoms with van der Waals surface area (Å²) in [5, 5.41) is 28.8. The van der Waals surface area contributed by atoms with Gasteiger partial charge in [-0.2, -0.15) is 4.31 Å². The van der Waals surface area contributed by atoms with E-state index in [1.54, 1.807) is 0 Å². The second kappa shape index (κ2) is 20.8. The predicted octanol–water partition coefficient (Wildman–Crippen LogP) is -1.42. The lowest BCUT2D eigenvalue weighted by Crippen LogP contribution is -2.46. The van der Waals surface area contributed by atoms with Gasteiger partial charge in [-0.15, -0.1) is 0 Å². The van der Waals surface area contributed by atoms with Crippen molar-refractivity contribution in [2.75, 3.05) is 44.3 Å². The van der Waals surface area contributed by atoms with E-state index in [9.17, 15) is 62.7 Å². The minimum absolute atomic E-state index is 0.0249. The Morgan fingerprint density at radius 2 is 1.68 bits per heavy atom. The lowest BCUT2D eigenvalue weighted by atomic mass is 9.87. The highest BCUT2D eigenvalue weighted by Crippen LogP contribution is 2.61. The highest BCUT2D eigenvalue weighted by molar-refractivity contribution is 8.13. The fraction of sp³-hybridized carbons (Fsp3) is 0.667. The van der Waals surface area contributed by atoms with Crippen molar-refractivity contribution in [2.45, 2.75) is 70.7 Å². The van der Waals surface area contributed by atoms with Crippen molar-refractivity contribution in [2.24, 2.45) is 5.41 Å². The van der Waals surface area contributed by atoms with Crippen LogP contribution in [0.1, 0.15) is 46.3 Å². The molecule has 1 saturated heterocycles. The molecule has 0 aliphatic carbocycles. The highest BCUT2D eigenvalue weighted by atomic mass is 32.2. The molecule has 0 aromatic carbocycles. The quantitative estimate of drug-likeness (QED) is 0.0452. The second-order valence-electron chi connectivity index (χ2n) is 12.9. The van der Waals surface area contributed by atoms with E-state index in [1.165, 1.54) is 20.8 Å². The fourth-order valence-corrected chi connectivity index (χ4v) is 8.41. The number of aromatic nitrogens is 4. The van der Waals surface area contributed by atoms with Gasteiger partial charge < -0.3 is 56.2 Å². The van der Waals surface area contributed by atoms with E-state index < -0.39 is 84.6 Å². The van der Waals surface area contributed by atoms with E-state index >= 15 is 0 Å². The van der Waals surface area contributed by atoms with Gasteiger partial charge in [0.2, 0.25) is 17.7 Å². The van der Waals surface area contributed by atoms with Crippen LogP contribution in [0.3, 0.4) is 0 Å². The van der Waals surface area contributed by atoms with Gasteiger partial charge in [-0.3, -0.25) is 37.3 Å². The van der Waals surface area contributed by atoms with Crippen LogP contribution in [-0.4, -0.2) is 135 Å². The molecular formula is C27H45N8O18P3S. The molecule has 0 saturated carbocycles. The number of nitrogens with two attached hydrogens (primary N) is 1. The third-order valence-corrected chi connectivity index (χ3v) is 11.7. The lowest BCUT2D eigenvalue weighted by molar-refractivity contribution is -0.137. The number of phosphoric acid groups is 3. The number of rotatable bonds is 23. The van der Waals surface area contributed by atoms with Crippen molar-refractivity contribution in [3.63, 3.8) is 0 Å². The van der Waals surface area contributed by atoms with Gasteiger partial charge in [0.15, 0.2) is 22.8 Å². The molecule has 2 aromatic heterocycles. The number of hydrogen-bond acceptors (Lipinski definition) is 19. The van der Waals surface area contributed by atoms with Crippen molar-refractivity contribution in [1.82, 2.24) is 35.5 Å². The number of fused-ring (bicyclic) bond motifs is 1. The number of hydrogen-bond donors (Lipinski definition) is 10. The Kier molecular flexibility index (Phi) is 17.7. The van der Waals surface area contributed by atoms with Gasteiger partial charge in [-0.05, 0) is 6.42 Å². The lowest BCUT2D eigenvalue weighted by Gasteiger charge is -2.30. The van der Waals surface area contributed by atoms with Crippen LogP contribution in [0.25, 0.3) is 11.2 Å². The first kappa shape index (κ1) is 48.4. The zero-order chi connectivity index (χ0) is 42.8. The molecule has 322 valence electrons. The van der Waals surface area contributed by atoms with Crippen LogP contribution >= 0.6 is 35.2 Å². The molecule has 7 atom stereocenters. The fourth-order valence-electron chi connectivity index (χ4n) is 4.86. The third kappa shape index (κ3) is 15.6. The Labute approximate surface area is 328 Å². The molecular weight excluding hydrogens is 849 g/mol. The maximum atomic E-state index is 12.7. The van der Waals surface area contributed by atoms with E-state index in [2.05, 4.69) is 39.7 Å². The Morgan fingerprint density at radius 1 is 1.00 bits per heavy atom. The predicted molar refractivity (Wildman–Crippen MR) is 195 cm³/mol. The van der Waals surface area contributed by atoms with Crippen LogP contribution in [0.15, 0.2) is 12.7 Å². The van der Waals surface area contributed by atoms with Gasteiger partial charge in [0, 0.05) is 50.6 Å². The van der Waals surface area contributed by atoms with Crippen LogP contribution in [-0.2, 0) is 55.5 Å². The summed E-state index contributed by atoms with van der Waals surface area (Å²) in [6, 6.07) is 0. The van der Waals surface area contributed by atoms with E-state index in [0.717, 1.165) is 29.0 Å². The molecule has 2 aromatic rings. The van der Waals surface area contributed by atoms with Crippen molar-refractivity contribution in [1.29, 1.82) is 0 Å². The maximum absolute atomic E-state index is 12.7. The average molecular weight is 895 g/mol. The number of aliphatic hydroxyl groups is 2. The molecule has 30 heteroatoms. The highest BCUT2D eigenvalue weighted by Gasteiger charge is 2.50. The Morgan fingerprint density at radius 3 is 2.35 bits per heavy atom. The van der Waals surface area contributed by atoms with Gasteiger partial charge in [-0.1, -0.05) is 25.6 Å². The van der Waals surface area contributed by atoms with Crippen LogP contribution in [0, 0.1) is 5.41 Å². The number of carbonyl (C=O) groups excluding carboxylic acids is 4. The van der Waals surface area contributed by atoms with Crippen molar-refractivity contribution < 1.29 is 85.3 Å². The van der Waals surface area contributed by atoms with Crippen LogP contribution in [0.4, 0.5) is 5.82 Å². The molecule has 3 heterocycles. The summed E-state index contributed by atoms with van der Waals surface area (Å²) in [6.45, 7) is 2.13. The number of thioether (sulfide) groups is 1. The third-order valence-electron chi connectivity index (χ3n) is 7.70. The molecule has 0 bridgehead atoms. The Balaban J connectivity index is 1.46. The topological polar surface area (TPSA) is 393 Å². The van der Waals surface area contributed by atoms with Gasteiger partial charge >= 0.3 is 23.5 Å². The first-order valence-corrected chi connectivity index (χ1v) is 22.2. The van der Waals surface area contributed by atoms with Crippen molar-refractivity contribution in [3.05, 3.63) is 12.7 Å². The average Bonchev–Trinajstić information content (AvgIpc) is 3.66. The summed E-state index contributed by atoms with van der Waals surface area (Å²) in [6.07, 6.45) is -6.26. The molecule has 57 heavy (non-hydrogen) atoms. The van der Waals surface area contributed by atoms with E-state index in [-0.39, 0.29) is 53.9 Å². The summed E-state index contributed by atoms with van der Waals surface area (Å²) < 4.78 is 62.0. The normalized spacial score (nSPS) is 21.4. The van der Waals surface area contributed by atoms with Crippen molar-refractivity contribution in [3.8, 4) is 0 Å². The number of anilines is 1. The van der Waals surface area contributed by atoms with E-state index in [0.29, 0.717) is 18.7 Å². The summed E-state index contributed by atoms with van der Waals surface area (Å²) in [5.74, 6) is -1.40. The summed E-state index contributed by atoms with van der Waals surface area (Å²) in [4.78, 5) is 98.2. The molecule has 26 nitrogen and oxygen atoms in total. The number of carbonyl (C=O) groups is 4. The first-order valence-electron chi connectivity index (χ1n) is 16.7. The number of amides is 3. The number of nitrogens with zero attached hydrogens (tertiary/aromatic N) is 4. The van der Waals surface area contributed by atoms with Crippen LogP contribution < -0.4 is 21.7 Å². The number of phosphoric ester groups is 3. The number of imidazole rings is 1. The molecule has 11 N–H and O–H groups in total. The standard InChI is InChI=1S/C27H45N8O18P3S/c1-15(36)29-7-4-5-18(38)57-10-9-30-17(37)6-8-31-25(41)22(40)27(2,3)12-50-56(47,48)53-55(45,46)49-11-16-21(52-54(42,43)44)20(39)26(51-16)35-14-34-19-23(28)32-13-33-24(19)35/h13-14,16,20-22,26,39-40H,4-12H2,1-3H3,(H,29,36)(H,30,37)(H,31,41)(H,45,46)(H,47,48)(H2,28,32,33)(H2,42,43,44)/t16-,20-,21-,22+,26-/m1/s1. The van der Waals surface area contributed by atoms with Gasteiger partial charge in [0.1, 0.15) is 36.3 Å². The number of nitrogen functional groups attached to an aromatic ring is 1. The molecule has 3 rings (SSSR count). The monoisotopic (exact) mass is 894 g/mol. The van der Waals surface area contributed by atoms with Gasteiger partial charge in [-0.25, -0.2) is 28.6 Å². The van der Waals surface area contributed by atoms with E-state index in [1.807, 2.05) is 0 Å².